The van der Waals surface area contributed by atoms with E-state index in [9.17, 15) is 5.11 Å². The normalized spacial score (nSPS) is 14.7. The molecule has 0 saturated carbocycles. The van der Waals surface area contributed by atoms with Gasteiger partial charge in [-0.05, 0) is 38.1 Å². The number of hydrogen-bond acceptors (Lipinski definition) is 3. The van der Waals surface area contributed by atoms with Crippen molar-refractivity contribution >= 4 is 0 Å². The minimum atomic E-state index is -0.617. The van der Waals surface area contributed by atoms with Crippen molar-refractivity contribution < 1.29 is 9.84 Å². The number of nitrogens with zero attached hydrogens (tertiary/aromatic N) is 1. The van der Waals surface area contributed by atoms with Gasteiger partial charge in [0.25, 0.3) is 0 Å². The van der Waals surface area contributed by atoms with Crippen LogP contribution in [0.15, 0.2) is 24.3 Å². The lowest BCUT2D eigenvalue weighted by molar-refractivity contribution is 0.0217. The first kappa shape index (κ1) is 14.0. The number of methoxy groups -OCH3 is 1. The van der Waals surface area contributed by atoms with Crippen LogP contribution in [0.2, 0.25) is 0 Å². The first-order valence-corrected chi connectivity index (χ1v) is 6.00. The van der Waals surface area contributed by atoms with Crippen LogP contribution in [0.25, 0.3) is 0 Å². The molecule has 1 atom stereocenters. The fraction of sp³-hybridized carbons (Fsp3) is 0.571. The van der Waals surface area contributed by atoms with Crippen LogP contribution in [-0.4, -0.2) is 36.3 Å². The maximum Gasteiger partial charge on any atom is 0.119 e. The number of likely N-dealkylation sites (N-methyl/N-ethyl adjacent to an activating group) is 1. The van der Waals surface area contributed by atoms with Crippen LogP contribution in [0, 0.1) is 0 Å². The molecule has 0 bridgehead atoms. The monoisotopic (exact) mass is 237 g/mol. The van der Waals surface area contributed by atoms with E-state index in [-0.39, 0.29) is 0 Å². The van der Waals surface area contributed by atoms with E-state index in [1.54, 1.807) is 7.11 Å². The van der Waals surface area contributed by atoms with Crippen molar-refractivity contribution in [2.45, 2.75) is 32.4 Å². The summed E-state index contributed by atoms with van der Waals surface area (Å²) in [6, 6.07) is 8.02. The van der Waals surface area contributed by atoms with Gasteiger partial charge >= 0.3 is 0 Å². The molecule has 0 aliphatic rings. The predicted octanol–water partition coefficient (Wildman–Crippen LogP) is 2.29. The summed E-state index contributed by atoms with van der Waals surface area (Å²) < 4.78 is 5.19. The molecule has 17 heavy (non-hydrogen) atoms. The predicted molar refractivity (Wildman–Crippen MR) is 70.2 cm³/mol. The number of hydrogen-bond donors (Lipinski definition) is 1. The third-order valence-electron chi connectivity index (χ3n) is 2.96. The molecular weight excluding hydrogens is 214 g/mol. The van der Waals surface area contributed by atoms with Gasteiger partial charge in [-0.3, -0.25) is 4.90 Å². The molecule has 0 saturated heterocycles. The average Bonchev–Trinajstić information content (AvgIpc) is 2.28. The van der Waals surface area contributed by atoms with Crippen molar-refractivity contribution in [1.82, 2.24) is 4.90 Å². The SMILES string of the molecule is CCC(C)(O)CN(C)Cc1cccc(OC)c1. The summed E-state index contributed by atoms with van der Waals surface area (Å²) in [6.45, 7) is 5.35. The molecule has 1 aromatic rings. The summed E-state index contributed by atoms with van der Waals surface area (Å²) in [4.78, 5) is 2.12. The van der Waals surface area contributed by atoms with Gasteiger partial charge in [0.2, 0.25) is 0 Å². The summed E-state index contributed by atoms with van der Waals surface area (Å²) in [7, 11) is 3.69. The Labute approximate surface area is 104 Å². The van der Waals surface area contributed by atoms with Crippen LogP contribution in [0.5, 0.6) is 5.75 Å². The van der Waals surface area contributed by atoms with E-state index in [0.717, 1.165) is 18.7 Å². The molecule has 0 fully saturated rings. The molecule has 0 amide bonds. The van der Waals surface area contributed by atoms with Crippen LogP contribution < -0.4 is 4.74 Å². The zero-order chi connectivity index (χ0) is 12.9. The zero-order valence-corrected chi connectivity index (χ0v) is 11.2. The standard InChI is InChI=1S/C14H23NO2/c1-5-14(2,16)11-15(3)10-12-7-6-8-13(9-12)17-4/h6-9,16H,5,10-11H2,1-4H3. The Balaban J connectivity index is 2.58. The van der Waals surface area contributed by atoms with E-state index < -0.39 is 5.60 Å². The van der Waals surface area contributed by atoms with E-state index in [0.29, 0.717) is 6.54 Å². The van der Waals surface area contributed by atoms with Crippen molar-refractivity contribution in [1.29, 1.82) is 0 Å². The molecule has 1 N–H and O–H groups in total. The highest BCUT2D eigenvalue weighted by Crippen LogP contribution is 2.16. The van der Waals surface area contributed by atoms with Gasteiger partial charge in [-0.15, -0.1) is 0 Å². The van der Waals surface area contributed by atoms with Gasteiger partial charge in [-0.25, -0.2) is 0 Å². The summed E-state index contributed by atoms with van der Waals surface area (Å²) in [5.74, 6) is 0.873. The smallest absolute Gasteiger partial charge is 0.119 e. The van der Waals surface area contributed by atoms with Crippen molar-refractivity contribution in [3.05, 3.63) is 29.8 Å². The lowest BCUT2D eigenvalue weighted by atomic mass is 10.0. The molecule has 1 rings (SSSR count). The zero-order valence-electron chi connectivity index (χ0n) is 11.2. The maximum absolute atomic E-state index is 10.0. The van der Waals surface area contributed by atoms with Crippen LogP contribution in [-0.2, 0) is 6.54 Å². The lowest BCUT2D eigenvalue weighted by Crippen LogP contribution is -2.37. The van der Waals surface area contributed by atoms with E-state index in [4.69, 9.17) is 4.74 Å². The van der Waals surface area contributed by atoms with E-state index in [2.05, 4.69) is 11.0 Å². The maximum atomic E-state index is 10.0. The molecule has 96 valence electrons. The molecule has 3 heteroatoms. The molecule has 0 radical (unpaired) electrons. The second-order valence-electron chi connectivity index (χ2n) is 4.87. The quantitative estimate of drug-likeness (QED) is 0.824. The molecule has 1 aromatic carbocycles. The highest BCUT2D eigenvalue weighted by atomic mass is 16.5. The van der Waals surface area contributed by atoms with Crippen molar-refractivity contribution in [3.63, 3.8) is 0 Å². The molecule has 0 heterocycles. The number of aliphatic hydroxyl groups is 1. The summed E-state index contributed by atoms with van der Waals surface area (Å²) in [5.41, 5.74) is 0.576. The van der Waals surface area contributed by atoms with Crippen LogP contribution in [0.3, 0.4) is 0 Å². The molecule has 1 unspecified atom stereocenters. The molecule has 3 nitrogen and oxygen atoms in total. The van der Waals surface area contributed by atoms with E-state index in [1.165, 1.54) is 5.56 Å². The van der Waals surface area contributed by atoms with Gasteiger partial charge in [0.05, 0.1) is 12.7 Å². The fourth-order valence-electron chi connectivity index (χ4n) is 1.83. The third-order valence-corrected chi connectivity index (χ3v) is 2.96. The average molecular weight is 237 g/mol. The minimum absolute atomic E-state index is 0.617. The van der Waals surface area contributed by atoms with Gasteiger partial charge < -0.3 is 9.84 Å². The third kappa shape index (κ3) is 4.75. The Morgan fingerprint density at radius 2 is 2.12 bits per heavy atom. The first-order chi connectivity index (χ1) is 7.96. The fourth-order valence-corrected chi connectivity index (χ4v) is 1.83. The number of ether oxygens (including phenoxy) is 1. The summed E-state index contributed by atoms with van der Waals surface area (Å²) >= 11 is 0. The number of benzene rings is 1. The van der Waals surface area contributed by atoms with Gasteiger partial charge in [0.1, 0.15) is 5.75 Å². The van der Waals surface area contributed by atoms with Crippen LogP contribution >= 0.6 is 0 Å². The Kier molecular flexibility index (Phi) is 4.97. The highest BCUT2D eigenvalue weighted by molar-refractivity contribution is 5.28. The minimum Gasteiger partial charge on any atom is -0.497 e. The van der Waals surface area contributed by atoms with Crippen molar-refractivity contribution in [3.8, 4) is 5.75 Å². The Hall–Kier alpha value is -1.06. The van der Waals surface area contributed by atoms with Gasteiger partial charge in [0, 0.05) is 13.1 Å². The molecule has 0 aliphatic heterocycles. The van der Waals surface area contributed by atoms with Crippen molar-refractivity contribution in [2.24, 2.45) is 0 Å². The summed E-state index contributed by atoms with van der Waals surface area (Å²) in [5, 5.41) is 10.0. The largest absolute Gasteiger partial charge is 0.497 e. The van der Waals surface area contributed by atoms with Crippen molar-refractivity contribution in [2.75, 3.05) is 20.7 Å². The molecule has 0 aromatic heterocycles. The lowest BCUT2D eigenvalue weighted by Gasteiger charge is -2.28. The summed E-state index contributed by atoms with van der Waals surface area (Å²) in [6.07, 6.45) is 0.759. The highest BCUT2D eigenvalue weighted by Gasteiger charge is 2.19. The topological polar surface area (TPSA) is 32.7 Å². The second-order valence-corrected chi connectivity index (χ2v) is 4.87. The molecular formula is C14H23NO2. The number of rotatable bonds is 6. The van der Waals surface area contributed by atoms with E-state index >= 15 is 0 Å². The Bertz CT molecular complexity index is 350. The second kappa shape index (κ2) is 6.03. The first-order valence-electron chi connectivity index (χ1n) is 6.00. The van der Waals surface area contributed by atoms with Gasteiger partial charge in [0.15, 0.2) is 0 Å². The Morgan fingerprint density at radius 3 is 2.71 bits per heavy atom. The van der Waals surface area contributed by atoms with Gasteiger partial charge in [-0.2, -0.15) is 0 Å². The molecule has 0 aliphatic carbocycles. The van der Waals surface area contributed by atoms with Crippen LogP contribution in [0.1, 0.15) is 25.8 Å². The molecule has 0 spiro atoms. The van der Waals surface area contributed by atoms with Gasteiger partial charge in [-0.1, -0.05) is 19.1 Å². The van der Waals surface area contributed by atoms with E-state index in [1.807, 2.05) is 39.1 Å². The Morgan fingerprint density at radius 1 is 1.41 bits per heavy atom. The van der Waals surface area contributed by atoms with Crippen LogP contribution in [0.4, 0.5) is 0 Å².